The molecule has 0 heterocycles. The lowest BCUT2D eigenvalue weighted by Gasteiger charge is -2.22. The van der Waals surface area contributed by atoms with E-state index in [4.69, 9.17) is 4.74 Å². The number of aliphatic hydroxyl groups excluding tert-OH is 1. The predicted octanol–water partition coefficient (Wildman–Crippen LogP) is 1.25. The van der Waals surface area contributed by atoms with Crippen molar-refractivity contribution in [3.63, 3.8) is 0 Å². The van der Waals surface area contributed by atoms with Crippen LogP contribution < -0.4 is 16.0 Å². The van der Waals surface area contributed by atoms with E-state index in [1.165, 1.54) is 45.2 Å². The van der Waals surface area contributed by atoms with Crippen LogP contribution >= 0.6 is 0 Å². The van der Waals surface area contributed by atoms with Crippen LogP contribution in [0.3, 0.4) is 0 Å². The molecule has 0 saturated heterocycles. The Balaban J connectivity index is 2.59. The van der Waals surface area contributed by atoms with Crippen LogP contribution in [0.15, 0.2) is 24.3 Å². The van der Waals surface area contributed by atoms with Crippen molar-refractivity contribution >= 4 is 29.6 Å². The first kappa shape index (κ1) is 24.9. The fourth-order valence-electron chi connectivity index (χ4n) is 2.20. The maximum Gasteiger partial charge on any atom is 0.408 e. The summed E-state index contributed by atoms with van der Waals surface area (Å²) in [5.74, 6) is -1.84. The molecule has 0 saturated carbocycles. The molecule has 3 atom stereocenters. The molecule has 0 aromatic heterocycles. The van der Waals surface area contributed by atoms with E-state index in [1.54, 1.807) is 20.8 Å². The molecule has 0 aliphatic heterocycles. The summed E-state index contributed by atoms with van der Waals surface area (Å²) in [6, 6.07) is 4.14. The van der Waals surface area contributed by atoms with Crippen molar-refractivity contribution in [1.82, 2.24) is 10.6 Å². The number of carbonyl (C=O) groups is 4. The van der Waals surface area contributed by atoms with E-state index in [1.807, 2.05) is 0 Å². The molecule has 1 unspecified atom stereocenters. The molecule has 1 aromatic rings. The van der Waals surface area contributed by atoms with Gasteiger partial charge in [0, 0.05) is 5.69 Å². The Morgan fingerprint density at radius 1 is 0.933 bits per heavy atom. The minimum atomic E-state index is -1.42. The lowest BCUT2D eigenvalue weighted by atomic mass is 10.1. The second-order valence-electron chi connectivity index (χ2n) is 7.64. The number of anilines is 1. The quantitative estimate of drug-likeness (QED) is 0.483. The third-order valence-electron chi connectivity index (χ3n) is 3.80. The highest BCUT2D eigenvalue weighted by atomic mass is 16.6. The zero-order chi connectivity index (χ0) is 23.1. The number of hydrogen-bond donors (Lipinski definition) is 4. The monoisotopic (exact) mass is 423 g/mol. The molecule has 1 rings (SSSR count). The Hall–Kier alpha value is -3.14. The van der Waals surface area contributed by atoms with Gasteiger partial charge < -0.3 is 30.5 Å². The van der Waals surface area contributed by atoms with Crippen LogP contribution in [0.1, 0.15) is 46.3 Å². The molecule has 10 heteroatoms. The summed E-state index contributed by atoms with van der Waals surface area (Å²) in [4.78, 5) is 47.6. The van der Waals surface area contributed by atoms with Crippen LogP contribution in [0.2, 0.25) is 0 Å². The van der Waals surface area contributed by atoms with Gasteiger partial charge in [0.05, 0.1) is 7.11 Å². The minimum Gasteiger partial charge on any atom is -0.467 e. The van der Waals surface area contributed by atoms with Crippen LogP contribution in [0, 0.1) is 0 Å². The lowest BCUT2D eigenvalue weighted by Crippen LogP contribution is -2.51. The van der Waals surface area contributed by atoms with E-state index in [2.05, 4.69) is 20.7 Å². The average molecular weight is 423 g/mol. The summed E-state index contributed by atoms with van der Waals surface area (Å²) in [5, 5.41) is 17.3. The highest BCUT2D eigenvalue weighted by Crippen LogP contribution is 2.17. The average Bonchev–Trinajstić information content (AvgIpc) is 2.65. The Morgan fingerprint density at radius 3 is 1.97 bits per heavy atom. The van der Waals surface area contributed by atoms with Crippen molar-refractivity contribution in [2.45, 2.75) is 58.4 Å². The minimum absolute atomic E-state index is 0.309. The van der Waals surface area contributed by atoms with E-state index < -0.39 is 47.7 Å². The van der Waals surface area contributed by atoms with Crippen LogP contribution in [0.4, 0.5) is 10.5 Å². The maximum absolute atomic E-state index is 12.3. The van der Waals surface area contributed by atoms with E-state index in [-0.39, 0.29) is 0 Å². The molecule has 166 valence electrons. The summed E-state index contributed by atoms with van der Waals surface area (Å²) in [6.07, 6.45) is -2.16. The Bertz CT molecular complexity index is 772. The number of nitrogens with one attached hydrogen (secondary N) is 3. The third kappa shape index (κ3) is 8.08. The number of methoxy groups -OCH3 is 1. The summed E-state index contributed by atoms with van der Waals surface area (Å²) >= 11 is 0. The largest absolute Gasteiger partial charge is 0.467 e. The zero-order valence-electron chi connectivity index (χ0n) is 17.9. The number of rotatable bonds is 7. The maximum atomic E-state index is 12.3. The number of benzene rings is 1. The number of esters is 1. The number of aliphatic hydroxyl groups is 1. The first-order chi connectivity index (χ1) is 13.8. The fourth-order valence-corrected chi connectivity index (χ4v) is 2.20. The van der Waals surface area contributed by atoms with Crippen molar-refractivity contribution in [1.29, 1.82) is 0 Å². The standard InChI is InChI=1S/C20H29N3O7/c1-11(21-16(25)12(2)22-19(28)30-20(3,4)5)17(26)23-14-9-7-13(8-10-14)15(24)18(27)29-6/h7-12,15,24H,1-6H3,(H,21,25)(H,22,28)(H,23,26)/t11-,12-,15?/m0/s1. The van der Waals surface area contributed by atoms with Gasteiger partial charge in [-0.2, -0.15) is 0 Å². The number of carbonyl (C=O) groups excluding carboxylic acids is 4. The summed E-state index contributed by atoms with van der Waals surface area (Å²) in [6.45, 7) is 8.06. The van der Waals surface area contributed by atoms with Gasteiger partial charge in [0.15, 0.2) is 6.10 Å². The molecule has 0 radical (unpaired) electrons. The predicted molar refractivity (Wildman–Crippen MR) is 108 cm³/mol. The second kappa shape index (κ2) is 10.6. The van der Waals surface area contributed by atoms with Gasteiger partial charge in [-0.3, -0.25) is 9.59 Å². The lowest BCUT2D eigenvalue weighted by molar-refractivity contribution is -0.150. The molecule has 1 aromatic carbocycles. The van der Waals surface area contributed by atoms with Crippen LogP contribution in [0.5, 0.6) is 0 Å². The smallest absolute Gasteiger partial charge is 0.408 e. The van der Waals surface area contributed by atoms with Crippen molar-refractivity contribution in [3.8, 4) is 0 Å². The van der Waals surface area contributed by atoms with Crippen LogP contribution in [0.25, 0.3) is 0 Å². The Morgan fingerprint density at radius 2 is 1.47 bits per heavy atom. The van der Waals surface area contributed by atoms with E-state index in [0.717, 1.165) is 0 Å². The molecular weight excluding hydrogens is 394 g/mol. The summed E-state index contributed by atoms with van der Waals surface area (Å²) < 4.78 is 9.55. The highest BCUT2D eigenvalue weighted by Gasteiger charge is 2.24. The van der Waals surface area contributed by atoms with Crippen molar-refractivity contribution in [2.75, 3.05) is 12.4 Å². The topological polar surface area (TPSA) is 143 Å². The number of hydrogen-bond acceptors (Lipinski definition) is 7. The zero-order valence-corrected chi connectivity index (χ0v) is 17.9. The molecule has 0 spiro atoms. The first-order valence-corrected chi connectivity index (χ1v) is 9.30. The molecule has 30 heavy (non-hydrogen) atoms. The number of ether oxygens (including phenoxy) is 2. The molecule has 10 nitrogen and oxygen atoms in total. The fraction of sp³-hybridized carbons (Fsp3) is 0.500. The van der Waals surface area contributed by atoms with Crippen molar-refractivity contribution < 1.29 is 33.8 Å². The van der Waals surface area contributed by atoms with Gasteiger partial charge >= 0.3 is 12.1 Å². The molecule has 4 N–H and O–H groups in total. The van der Waals surface area contributed by atoms with Gasteiger partial charge in [-0.05, 0) is 52.3 Å². The SMILES string of the molecule is COC(=O)C(O)c1ccc(NC(=O)[C@H](C)NC(=O)[C@H](C)NC(=O)OC(C)(C)C)cc1. The Labute approximate surface area is 175 Å². The van der Waals surface area contributed by atoms with Gasteiger partial charge in [0.25, 0.3) is 0 Å². The van der Waals surface area contributed by atoms with E-state index in [0.29, 0.717) is 11.3 Å². The molecule has 0 aliphatic carbocycles. The molecule has 3 amide bonds. The van der Waals surface area contributed by atoms with Crippen molar-refractivity contribution in [3.05, 3.63) is 29.8 Å². The van der Waals surface area contributed by atoms with Crippen LogP contribution in [-0.4, -0.2) is 53.8 Å². The van der Waals surface area contributed by atoms with Gasteiger partial charge in [-0.1, -0.05) is 12.1 Å². The Kier molecular flexibility index (Phi) is 8.78. The molecule has 0 aliphatic rings. The number of amides is 3. The normalized spacial score (nSPS) is 14.0. The first-order valence-electron chi connectivity index (χ1n) is 9.30. The molecule has 0 fully saturated rings. The number of alkyl carbamates (subject to hydrolysis) is 1. The van der Waals surface area contributed by atoms with Gasteiger partial charge in [0.2, 0.25) is 11.8 Å². The third-order valence-corrected chi connectivity index (χ3v) is 3.80. The van der Waals surface area contributed by atoms with Gasteiger partial charge in [-0.15, -0.1) is 0 Å². The summed E-state index contributed by atoms with van der Waals surface area (Å²) in [5.41, 5.74) is 0.0145. The van der Waals surface area contributed by atoms with Crippen LogP contribution in [-0.2, 0) is 23.9 Å². The van der Waals surface area contributed by atoms with E-state index >= 15 is 0 Å². The summed E-state index contributed by atoms with van der Waals surface area (Å²) in [7, 11) is 1.17. The second-order valence-corrected chi connectivity index (χ2v) is 7.64. The van der Waals surface area contributed by atoms with E-state index in [9.17, 15) is 24.3 Å². The van der Waals surface area contributed by atoms with Crippen molar-refractivity contribution in [2.24, 2.45) is 0 Å². The van der Waals surface area contributed by atoms with Gasteiger partial charge in [0.1, 0.15) is 17.7 Å². The van der Waals surface area contributed by atoms with Gasteiger partial charge in [-0.25, -0.2) is 9.59 Å². The highest BCUT2D eigenvalue weighted by molar-refractivity contribution is 5.97. The molecular formula is C20H29N3O7. The molecule has 0 bridgehead atoms.